The van der Waals surface area contributed by atoms with Gasteiger partial charge in [-0.25, -0.2) is 0 Å². The fourth-order valence-electron chi connectivity index (χ4n) is 0.224. The standard InChI is InChI=1S/C4H13O3P.Li.H/c1-3-8(5,6,7)4-2;;/h5-7H,3-4H2,1-2H3;;/q;+1;-1. The summed E-state index contributed by atoms with van der Waals surface area (Å²) in [5, 5.41) is 0. The van der Waals surface area contributed by atoms with Crippen LogP contribution in [0.15, 0.2) is 0 Å². The fourth-order valence-corrected chi connectivity index (χ4v) is 0.671. The molecule has 0 atom stereocenters. The first-order valence-corrected chi connectivity index (χ1v) is 5.11. The largest absolute Gasteiger partial charge is 1.00 e. The molecule has 0 unspecified atom stereocenters. The van der Waals surface area contributed by atoms with Crippen molar-refractivity contribution in [2.75, 3.05) is 12.3 Å². The molecule has 0 heterocycles. The molecule has 5 heteroatoms. The van der Waals surface area contributed by atoms with Crippen molar-refractivity contribution in [1.82, 2.24) is 0 Å². The van der Waals surface area contributed by atoms with Gasteiger partial charge in [0.05, 0.1) is 0 Å². The van der Waals surface area contributed by atoms with Gasteiger partial charge in [0.1, 0.15) is 0 Å². The Hall–Kier alpha value is 0.907. The molecule has 0 aromatic carbocycles. The maximum Gasteiger partial charge on any atom is 1.00 e. The van der Waals surface area contributed by atoms with Crippen molar-refractivity contribution in [3.8, 4) is 0 Å². The molecule has 3 nitrogen and oxygen atoms in total. The van der Waals surface area contributed by atoms with E-state index in [-0.39, 0.29) is 32.6 Å². The Bertz CT molecular complexity index is 84.2. The molecule has 9 heavy (non-hydrogen) atoms. The summed E-state index contributed by atoms with van der Waals surface area (Å²) in [5.74, 6) is 0. The van der Waals surface area contributed by atoms with Gasteiger partial charge in [-0.3, -0.25) is 0 Å². The second kappa shape index (κ2) is 3.34. The predicted octanol–water partition coefficient (Wildman–Crippen LogP) is -2.58. The molecule has 0 radical (unpaired) electrons. The molecule has 0 bridgehead atoms. The van der Waals surface area contributed by atoms with E-state index in [0.29, 0.717) is 0 Å². The van der Waals surface area contributed by atoms with Crippen molar-refractivity contribution in [2.45, 2.75) is 13.8 Å². The van der Waals surface area contributed by atoms with E-state index < -0.39 is 7.28 Å². The minimum absolute atomic E-state index is 0. The van der Waals surface area contributed by atoms with Crippen molar-refractivity contribution < 1.29 is 35.0 Å². The van der Waals surface area contributed by atoms with Crippen molar-refractivity contribution in [2.24, 2.45) is 0 Å². The zero-order valence-electron chi connectivity index (χ0n) is 7.20. The van der Waals surface area contributed by atoms with Crippen LogP contribution in [0.1, 0.15) is 15.3 Å². The van der Waals surface area contributed by atoms with E-state index in [9.17, 15) is 0 Å². The molecule has 54 valence electrons. The minimum Gasteiger partial charge on any atom is -1.00 e. The predicted molar refractivity (Wildman–Crippen MR) is 35.8 cm³/mol. The van der Waals surface area contributed by atoms with Crippen LogP contribution in [0.5, 0.6) is 0 Å². The Balaban J connectivity index is -0.000000245. The van der Waals surface area contributed by atoms with E-state index in [1.807, 2.05) is 0 Å². The van der Waals surface area contributed by atoms with E-state index in [1.165, 1.54) is 0 Å². The molecule has 0 aromatic heterocycles. The second-order valence-corrected chi connectivity index (χ2v) is 5.92. The van der Waals surface area contributed by atoms with Crippen LogP contribution in [-0.2, 0) is 0 Å². The molecular weight excluding hydrogens is 134 g/mol. The minimum atomic E-state index is -4.10. The van der Waals surface area contributed by atoms with Crippen LogP contribution < -0.4 is 18.9 Å². The first-order valence-electron chi connectivity index (χ1n) is 2.65. The Morgan fingerprint density at radius 3 is 1.33 bits per heavy atom. The van der Waals surface area contributed by atoms with Gasteiger partial charge in [0.2, 0.25) is 0 Å². The molecule has 3 N–H and O–H groups in total. The van der Waals surface area contributed by atoms with Gasteiger partial charge in [0.25, 0.3) is 0 Å². The Morgan fingerprint density at radius 1 is 1.11 bits per heavy atom. The first kappa shape index (κ1) is 12.6. The van der Waals surface area contributed by atoms with Gasteiger partial charge >= 0.3 is 67.0 Å². The monoisotopic (exact) mass is 148 g/mol. The third kappa shape index (κ3) is 5.36. The topological polar surface area (TPSA) is 60.7 Å². The van der Waals surface area contributed by atoms with Gasteiger partial charge in [-0.1, -0.05) is 0 Å². The van der Waals surface area contributed by atoms with Crippen LogP contribution in [0, 0.1) is 0 Å². The number of rotatable bonds is 2. The van der Waals surface area contributed by atoms with Gasteiger partial charge in [-0.15, -0.1) is 0 Å². The summed E-state index contributed by atoms with van der Waals surface area (Å²) in [6.07, 6.45) is 0.115. The van der Waals surface area contributed by atoms with E-state index in [1.54, 1.807) is 13.8 Å². The molecule has 0 saturated heterocycles. The molecule has 0 rings (SSSR count). The Kier molecular flexibility index (Phi) is 4.67. The molecule has 0 fully saturated rings. The molecule has 0 aliphatic carbocycles. The normalized spacial score (nSPS) is 15.4. The third-order valence-electron chi connectivity index (χ3n) is 1.30. The summed E-state index contributed by atoms with van der Waals surface area (Å²) >= 11 is 0. The van der Waals surface area contributed by atoms with E-state index in [0.717, 1.165) is 0 Å². The zero-order valence-corrected chi connectivity index (χ0v) is 7.10. The van der Waals surface area contributed by atoms with E-state index in [4.69, 9.17) is 14.7 Å². The van der Waals surface area contributed by atoms with Crippen molar-refractivity contribution in [3.05, 3.63) is 0 Å². The summed E-state index contributed by atoms with van der Waals surface area (Å²) in [6, 6.07) is 0. The van der Waals surface area contributed by atoms with Crippen LogP contribution in [0.2, 0.25) is 0 Å². The van der Waals surface area contributed by atoms with Gasteiger partial charge in [0.15, 0.2) is 0 Å². The summed E-state index contributed by atoms with van der Waals surface area (Å²) in [7, 11) is -4.10. The molecule has 0 amide bonds. The number of hydrogen-bond acceptors (Lipinski definition) is 3. The van der Waals surface area contributed by atoms with Crippen LogP contribution >= 0.6 is 7.28 Å². The van der Waals surface area contributed by atoms with Crippen LogP contribution in [0.25, 0.3) is 0 Å². The summed E-state index contributed by atoms with van der Waals surface area (Å²) in [6.45, 7) is 3.11. The van der Waals surface area contributed by atoms with Gasteiger partial charge in [-0.05, 0) is 0 Å². The Morgan fingerprint density at radius 2 is 1.33 bits per heavy atom. The SMILES string of the molecule is CCP(O)(O)(O)CC.[H-].[Li+]. The van der Waals surface area contributed by atoms with Crippen molar-refractivity contribution in [3.63, 3.8) is 0 Å². The molecule has 0 spiro atoms. The Labute approximate surface area is 68.9 Å². The van der Waals surface area contributed by atoms with Crippen molar-refractivity contribution in [1.29, 1.82) is 0 Å². The molecule has 0 saturated carbocycles. The van der Waals surface area contributed by atoms with Crippen LogP contribution in [0.4, 0.5) is 0 Å². The molecule has 0 aliphatic rings. The second-order valence-electron chi connectivity index (χ2n) is 1.97. The van der Waals surface area contributed by atoms with Gasteiger partial charge < -0.3 is 1.43 Å². The molecular formula is C4H14LiO3P. The average molecular weight is 148 g/mol. The maximum absolute atomic E-state index is 8.84. The first-order chi connectivity index (χ1) is 3.39. The summed E-state index contributed by atoms with van der Waals surface area (Å²) < 4.78 is 0. The quantitative estimate of drug-likeness (QED) is 0.297. The fraction of sp³-hybridized carbons (Fsp3) is 1.00. The average Bonchev–Trinajstić information content (AvgIpc) is 1.68. The smallest absolute Gasteiger partial charge is 1.00 e. The van der Waals surface area contributed by atoms with Crippen molar-refractivity contribution >= 4 is 7.28 Å². The zero-order chi connectivity index (χ0) is 6.86. The number of hydrogen-bond donors (Lipinski definition) is 3. The molecule has 0 aliphatic heterocycles. The van der Waals surface area contributed by atoms with E-state index in [2.05, 4.69) is 0 Å². The summed E-state index contributed by atoms with van der Waals surface area (Å²) in [5.41, 5.74) is 0. The molecule has 0 aromatic rings. The summed E-state index contributed by atoms with van der Waals surface area (Å²) in [4.78, 5) is 26.5. The van der Waals surface area contributed by atoms with E-state index >= 15 is 0 Å². The third-order valence-corrected chi connectivity index (χ3v) is 3.89. The van der Waals surface area contributed by atoms with Crippen LogP contribution in [-0.4, -0.2) is 27.0 Å². The van der Waals surface area contributed by atoms with Crippen LogP contribution in [0.3, 0.4) is 0 Å². The van der Waals surface area contributed by atoms with Gasteiger partial charge in [0, 0.05) is 0 Å². The van der Waals surface area contributed by atoms with Gasteiger partial charge in [-0.2, -0.15) is 0 Å². The maximum atomic E-state index is 8.84.